The number of amides is 1. The molecule has 6 nitrogen and oxygen atoms in total. The van der Waals surface area contributed by atoms with E-state index in [0.717, 1.165) is 5.56 Å². The van der Waals surface area contributed by atoms with Gasteiger partial charge in [-0.15, -0.1) is 0 Å². The van der Waals surface area contributed by atoms with Gasteiger partial charge in [-0.2, -0.15) is 0 Å². The van der Waals surface area contributed by atoms with Gasteiger partial charge in [-0.1, -0.05) is 0 Å². The molecule has 100 valence electrons. The first-order chi connectivity index (χ1) is 8.71. The van der Waals surface area contributed by atoms with Crippen LogP contribution in [0.2, 0.25) is 0 Å². The van der Waals surface area contributed by atoms with E-state index in [-0.39, 0.29) is 6.61 Å². The molecule has 0 fully saturated rings. The zero-order valence-electron chi connectivity index (χ0n) is 10.6. The number of carbonyl (C=O) groups is 1. The Balaban J connectivity index is 2.62. The Morgan fingerprint density at radius 2 is 2.11 bits per heavy atom. The summed E-state index contributed by atoms with van der Waals surface area (Å²) in [6, 6.07) is 5.29. The second kappa shape index (κ2) is 7.39. The van der Waals surface area contributed by atoms with Crippen LogP contribution in [0.1, 0.15) is 5.56 Å². The molecule has 0 bridgehead atoms. The van der Waals surface area contributed by atoms with Gasteiger partial charge in [0.2, 0.25) is 0 Å². The lowest BCUT2D eigenvalue weighted by atomic mass is 10.2. The number of nitrogens with one attached hydrogen (secondary N) is 1. The predicted octanol–water partition coefficient (Wildman–Crippen LogP) is 0.889. The second-order valence-electron chi connectivity index (χ2n) is 3.47. The Bertz CT molecular complexity index is 396. The maximum atomic E-state index is 11.3. The van der Waals surface area contributed by atoms with Crippen LogP contribution in [-0.4, -0.2) is 33.4 Å². The van der Waals surface area contributed by atoms with Crippen molar-refractivity contribution in [3.05, 3.63) is 23.8 Å². The molecule has 0 aliphatic carbocycles. The molecule has 3 N–H and O–H groups in total. The average Bonchev–Trinajstić information content (AvgIpc) is 2.42. The van der Waals surface area contributed by atoms with Gasteiger partial charge in [0.1, 0.15) is 18.1 Å². The molecule has 0 atom stereocenters. The minimum atomic E-state index is -0.509. The van der Waals surface area contributed by atoms with Gasteiger partial charge in [-0.05, 0) is 18.2 Å². The van der Waals surface area contributed by atoms with E-state index in [0.29, 0.717) is 24.6 Å². The fourth-order valence-corrected chi connectivity index (χ4v) is 1.36. The molecule has 1 aromatic carbocycles. The first kappa shape index (κ1) is 14.1. The fraction of sp³-hybridized carbons (Fsp3) is 0.417. The van der Waals surface area contributed by atoms with Crippen molar-refractivity contribution in [2.75, 3.05) is 27.3 Å². The van der Waals surface area contributed by atoms with Gasteiger partial charge >= 0.3 is 6.09 Å². The number of carbonyl (C=O) groups excluding carboxylic acids is 1. The van der Waals surface area contributed by atoms with Crippen molar-refractivity contribution >= 4 is 6.09 Å². The Kier molecular flexibility index (Phi) is 5.79. The van der Waals surface area contributed by atoms with Gasteiger partial charge in [0.25, 0.3) is 0 Å². The Hall–Kier alpha value is -1.95. The molecule has 0 aliphatic rings. The fourth-order valence-electron chi connectivity index (χ4n) is 1.36. The predicted molar refractivity (Wildman–Crippen MR) is 66.8 cm³/mol. The van der Waals surface area contributed by atoms with Crippen LogP contribution < -0.4 is 20.5 Å². The van der Waals surface area contributed by atoms with Crippen LogP contribution in [0.4, 0.5) is 4.79 Å². The van der Waals surface area contributed by atoms with Gasteiger partial charge in [0, 0.05) is 18.7 Å². The molecule has 1 aromatic rings. The molecule has 0 heterocycles. The smallest absolute Gasteiger partial charge is 0.407 e. The molecule has 0 unspecified atom stereocenters. The van der Waals surface area contributed by atoms with Crippen molar-refractivity contribution in [3.63, 3.8) is 0 Å². The van der Waals surface area contributed by atoms with Crippen LogP contribution in [-0.2, 0) is 11.3 Å². The summed E-state index contributed by atoms with van der Waals surface area (Å²) in [7, 11) is 3.13. The first-order valence-corrected chi connectivity index (χ1v) is 5.53. The van der Waals surface area contributed by atoms with Gasteiger partial charge in [-0.3, -0.25) is 0 Å². The molecule has 0 radical (unpaired) electrons. The molecule has 18 heavy (non-hydrogen) atoms. The molecule has 1 rings (SSSR count). The monoisotopic (exact) mass is 254 g/mol. The maximum absolute atomic E-state index is 11.3. The van der Waals surface area contributed by atoms with Crippen LogP contribution >= 0.6 is 0 Å². The molecule has 0 aromatic heterocycles. The first-order valence-electron chi connectivity index (χ1n) is 5.53. The zero-order chi connectivity index (χ0) is 13.4. The van der Waals surface area contributed by atoms with Crippen LogP contribution in [0.5, 0.6) is 11.5 Å². The topological polar surface area (TPSA) is 82.8 Å². The Labute approximate surface area is 106 Å². The molecule has 1 amide bonds. The number of ether oxygens (including phenoxy) is 3. The van der Waals surface area contributed by atoms with E-state index in [2.05, 4.69) is 5.32 Å². The highest BCUT2D eigenvalue weighted by Crippen LogP contribution is 2.24. The number of rotatable bonds is 6. The molecule has 0 spiro atoms. The van der Waals surface area contributed by atoms with Crippen molar-refractivity contribution in [2.45, 2.75) is 6.61 Å². The average molecular weight is 254 g/mol. The molecule has 0 saturated carbocycles. The molecule has 0 saturated heterocycles. The number of methoxy groups -OCH3 is 2. The maximum Gasteiger partial charge on any atom is 0.407 e. The highest BCUT2D eigenvalue weighted by Gasteiger charge is 2.08. The number of benzene rings is 1. The number of hydrogen-bond donors (Lipinski definition) is 2. The van der Waals surface area contributed by atoms with Crippen molar-refractivity contribution in [1.82, 2.24) is 5.32 Å². The lowest BCUT2D eigenvalue weighted by Gasteiger charge is -2.11. The summed E-state index contributed by atoms with van der Waals surface area (Å²) >= 11 is 0. The van der Waals surface area contributed by atoms with Crippen LogP contribution in [0.3, 0.4) is 0 Å². The van der Waals surface area contributed by atoms with Gasteiger partial charge in [-0.25, -0.2) is 4.79 Å². The minimum Gasteiger partial charge on any atom is -0.497 e. The normalized spacial score (nSPS) is 9.72. The summed E-state index contributed by atoms with van der Waals surface area (Å²) in [4.78, 5) is 11.3. The third kappa shape index (κ3) is 4.14. The largest absolute Gasteiger partial charge is 0.497 e. The van der Waals surface area contributed by atoms with E-state index in [9.17, 15) is 4.79 Å². The SMILES string of the molecule is COc1ccc(OC)c(COC(=O)NCCN)c1. The Morgan fingerprint density at radius 1 is 1.33 bits per heavy atom. The molecular weight excluding hydrogens is 236 g/mol. The van der Waals surface area contributed by atoms with Gasteiger partial charge in [0.15, 0.2) is 0 Å². The van der Waals surface area contributed by atoms with E-state index >= 15 is 0 Å². The highest BCUT2D eigenvalue weighted by molar-refractivity contribution is 5.67. The van der Waals surface area contributed by atoms with Crippen molar-refractivity contribution in [2.24, 2.45) is 5.73 Å². The highest BCUT2D eigenvalue weighted by atomic mass is 16.5. The quantitative estimate of drug-likeness (QED) is 0.787. The Morgan fingerprint density at radius 3 is 2.72 bits per heavy atom. The van der Waals surface area contributed by atoms with Crippen LogP contribution in [0.25, 0.3) is 0 Å². The van der Waals surface area contributed by atoms with E-state index in [1.165, 1.54) is 0 Å². The van der Waals surface area contributed by atoms with Crippen LogP contribution in [0.15, 0.2) is 18.2 Å². The van der Waals surface area contributed by atoms with E-state index in [1.807, 2.05) is 0 Å². The third-order valence-electron chi connectivity index (χ3n) is 2.26. The van der Waals surface area contributed by atoms with E-state index < -0.39 is 6.09 Å². The van der Waals surface area contributed by atoms with Gasteiger partial charge < -0.3 is 25.3 Å². The molecular formula is C12H18N2O4. The third-order valence-corrected chi connectivity index (χ3v) is 2.26. The van der Waals surface area contributed by atoms with Crippen molar-refractivity contribution in [3.8, 4) is 11.5 Å². The molecule has 6 heteroatoms. The summed E-state index contributed by atoms with van der Waals surface area (Å²) < 4.78 is 15.3. The summed E-state index contributed by atoms with van der Waals surface area (Å²) in [5.41, 5.74) is 6.00. The minimum absolute atomic E-state index is 0.108. The molecule has 0 aliphatic heterocycles. The number of nitrogens with two attached hydrogens (primary N) is 1. The van der Waals surface area contributed by atoms with Gasteiger partial charge in [0.05, 0.1) is 14.2 Å². The summed E-state index contributed by atoms with van der Waals surface area (Å²) in [6.45, 7) is 0.864. The number of alkyl carbamates (subject to hydrolysis) is 1. The summed E-state index contributed by atoms with van der Waals surface area (Å²) in [5.74, 6) is 1.32. The lowest BCUT2D eigenvalue weighted by Crippen LogP contribution is -2.29. The van der Waals surface area contributed by atoms with Crippen molar-refractivity contribution < 1.29 is 19.0 Å². The summed E-state index contributed by atoms with van der Waals surface area (Å²) in [6.07, 6.45) is -0.509. The van der Waals surface area contributed by atoms with Crippen molar-refractivity contribution in [1.29, 1.82) is 0 Å². The van der Waals surface area contributed by atoms with E-state index in [4.69, 9.17) is 19.9 Å². The standard InChI is InChI=1S/C12H18N2O4/c1-16-10-3-4-11(17-2)9(7-10)8-18-12(15)14-6-5-13/h3-4,7H,5-6,8,13H2,1-2H3,(H,14,15). The van der Waals surface area contributed by atoms with Crippen LogP contribution in [0, 0.1) is 0 Å². The van der Waals surface area contributed by atoms with E-state index in [1.54, 1.807) is 32.4 Å². The second-order valence-corrected chi connectivity index (χ2v) is 3.47. The summed E-state index contributed by atoms with van der Waals surface area (Å²) in [5, 5.41) is 2.51. The number of hydrogen-bond acceptors (Lipinski definition) is 5. The lowest BCUT2D eigenvalue weighted by molar-refractivity contribution is 0.139. The zero-order valence-corrected chi connectivity index (χ0v) is 10.6.